The zero-order valence-electron chi connectivity index (χ0n) is 22.1. The average Bonchev–Trinajstić information content (AvgIpc) is 3.11. The van der Waals surface area contributed by atoms with Crippen LogP contribution in [0.5, 0.6) is 0 Å². The van der Waals surface area contributed by atoms with E-state index in [9.17, 15) is 18.0 Å². The Morgan fingerprint density at radius 1 is 1.03 bits per heavy atom. The summed E-state index contributed by atoms with van der Waals surface area (Å²) < 4.78 is 51.7. The van der Waals surface area contributed by atoms with Gasteiger partial charge in [-0.15, -0.1) is 0 Å². The maximum Gasteiger partial charge on any atom is 0.408 e. The summed E-state index contributed by atoms with van der Waals surface area (Å²) in [5, 5.41) is 4.28. The molecule has 3 aromatic rings. The molecule has 200 valence electrons. The lowest BCUT2D eigenvalue weighted by Crippen LogP contribution is -2.24. The van der Waals surface area contributed by atoms with E-state index in [1.54, 1.807) is 12.1 Å². The van der Waals surface area contributed by atoms with E-state index in [4.69, 9.17) is 9.47 Å². The van der Waals surface area contributed by atoms with Gasteiger partial charge in [-0.3, -0.25) is 4.68 Å². The van der Waals surface area contributed by atoms with Crippen molar-refractivity contribution in [2.75, 3.05) is 7.11 Å². The molecule has 0 amide bonds. The van der Waals surface area contributed by atoms with Gasteiger partial charge in [-0.2, -0.15) is 18.3 Å². The number of hydrogen-bond donors (Lipinski definition) is 0. The Bertz CT molecular complexity index is 1190. The molecule has 2 aromatic carbocycles. The van der Waals surface area contributed by atoms with E-state index in [-0.39, 0.29) is 6.61 Å². The SMILES string of the molecule is CCCCc1c(Cc2ccc(-c3ccccc3C(=O)OC(C)(C)C)cc2)c(COC)nn1CC(F)(F)F. The number of alkyl halides is 3. The molecule has 37 heavy (non-hydrogen) atoms. The number of unbranched alkanes of at least 4 members (excludes halogenated alkanes) is 1. The molecule has 0 aliphatic heterocycles. The summed E-state index contributed by atoms with van der Waals surface area (Å²) >= 11 is 0. The van der Waals surface area contributed by atoms with Gasteiger partial charge >= 0.3 is 12.1 Å². The Morgan fingerprint density at radius 2 is 1.70 bits per heavy atom. The van der Waals surface area contributed by atoms with Gasteiger partial charge in [0.2, 0.25) is 0 Å². The lowest BCUT2D eigenvalue weighted by atomic mass is 9.95. The topological polar surface area (TPSA) is 53.4 Å². The van der Waals surface area contributed by atoms with Gasteiger partial charge in [0.25, 0.3) is 0 Å². The maximum absolute atomic E-state index is 13.3. The monoisotopic (exact) mass is 516 g/mol. The number of carbonyl (C=O) groups excluding carboxylic acids is 1. The van der Waals surface area contributed by atoms with Crippen molar-refractivity contribution in [3.63, 3.8) is 0 Å². The third kappa shape index (κ3) is 7.92. The molecular weight excluding hydrogens is 481 g/mol. The highest BCUT2D eigenvalue weighted by atomic mass is 19.4. The fraction of sp³-hybridized carbons (Fsp3) is 0.448. The average molecular weight is 517 g/mol. The summed E-state index contributed by atoms with van der Waals surface area (Å²) in [4.78, 5) is 12.8. The van der Waals surface area contributed by atoms with Crippen LogP contribution >= 0.6 is 0 Å². The fourth-order valence-corrected chi connectivity index (χ4v) is 4.22. The Hall–Kier alpha value is -3.13. The van der Waals surface area contributed by atoms with Gasteiger partial charge in [0.15, 0.2) is 0 Å². The molecule has 5 nitrogen and oxygen atoms in total. The molecule has 0 saturated carbocycles. The minimum Gasteiger partial charge on any atom is -0.456 e. The quantitative estimate of drug-likeness (QED) is 0.269. The highest BCUT2D eigenvalue weighted by Gasteiger charge is 2.31. The molecule has 3 rings (SSSR count). The van der Waals surface area contributed by atoms with Crippen LogP contribution in [0.3, 0.4) is 0 Å². The van der Waals surface area contributed by atoms with E-state index >= 15 is 0 Å². The molecule has 0 saturated heterocycles. The van der Waals surface area contributed by atoms with Gasteiger partial charge in [0.1, 0.15) is 12.1 Å². The normalized spacial score (nSPS) is 12.1. The van der Waals surface area contributed by atoms with Crippen LogP contribution in [0.2, 0.25) is 0 Å². The van der Waals surface area contributed by atoms with E-state index in [1.807, 2.05) is 64.1 Å². The second kappa shape index (κ2) is 11.9. The predicted molar refractivity (Wildman–Crippen MR) is 137 cm³/mol. The standard InChI is InChI=1S/C29H35F3N2O3/c1-6-7-12-26-24(25(18-36-5)33-34(26)19-29(30,31)32)17-20-13-15-21(16-14-20)22-10-8-9-11-23(22)27(35)37-28(2,3)4/h8-11,13-16H,6-7,12,17-19H2,1-5H3. The second-order valence-electron chi connectivity index (χ2n) is 10.1. The van der Waals surface area contributed by atoms with Crippen LogP contribution in [0.4, 0.5) is 13.2 Å². The predicted octanol–water partition coefficient (Wildman–Crippen LogP) is 7.15. The van der Waals surface area contributed by atoms with Crippen LogP contribution in [-0.2, 0) is 35.5 Å². The largest absolute Gasteiger partial charge is 0.456 e. The van der Waals surface area contributed by atoms with Gasteiger partial charge in [-0.25, -0.2) is 4.79 Å². The first kappa shape index (κ1) is 28.4. The number of ether oxygens (including phenoxy) is 2. The molecular formula is C29H35F3N2O3. The van der Waals surface area contributed by atoms with Crippen molar-refractivity contribution in [2.45, 2.75) is 78.3 Å². The Kier molecular flexibility index (Phi) is 9.18. The molecule has 0 spiro atoms. The molecule has 0 atom stereocenters. The van der Waals surface area contributed by atoms with Crippen molar-refractivity contribution in [3.05, 3.63) is 76.6 Å². The van der Waals surface area contributed by atoms with E-state index in [1.165, 1.54) is 7.11 Å². The van der Waals surface area contributed by atoms with E-state index < -0.39 is 24.3 Å². The van der Waals surface area contributed by atoms with Crippen LogP contribution < -0.4 is 0 Å². The number of methoxy groups -OCH3 is 1. The molecule has 0 aliphatic rings. The molecule has 0 radical (unpaired) electrons. The van der Waals surface area contributed by atoms with Crippen molar-refractivity contribution in [1.82, 2.24) is 9.78 Å². The third-order valence-corrected chi connectivity index (χ3v) is 5.82. The highest BCUT2D eigenvalue weighted by molar-refractivity contribution is 5.97. The minimum atomic E-state index is -4.36. The number of nitrogens with zero attached hydrogens (tertiary/aromatic N) is 2. The zero-order chi connectivity index (χ0) is 27.2. The summed E-state index contributed by atoms with van der Waals surface area (Å²) in [5.41, 5.74) is 4.30. The minimum absolute atomic E-state index is 0.140. The van der Waals surface area contributed by atoms with E-state index in [2.05, 4.69) is 5.10 Å². The van der Waals surface area contributed by atoms with Gasteiger partial charge in [0, 0.05) is 24.8 Å². The fourth-order valence-electron chi connectivity index (χ4n) is 4.22. The lowest BCUT2D eigenvalue weighted by Gasteiger charge is -2.20. The van der Waals surface area contributed by atoms with Crippen LogP contribution in [0.15, 0.2) is 48.5 Å². The number of aromatic nitrogens is 2. The molecule has 0 fully saturated rings. The van der Waals surface area contributed by atoms with Crippen LogP contribution in [-0.4, -0.2) is 34.6 Å². The summed E-state index contributed by atoms with van der Waals surface area (Å²) in [5.74, 6) is -0.394. The Morgan fingerprint density at radius 3 is 2.30 bits per heavy atom. The molecule has 8 heteroatoms. The number of halogens is 3. The molecule has 1 heterocycles. The van der Waals surface area contributed by atoms with Crippen molar-refractivity contribution in [1.29, 1.82) is 0 Å². The summed E-state index contributed by atoms with van der Waals surface area (Å²) in [7, 11) is 1.51. The lowest BCUT2D eigenvalue weighted by molar-refractivity contribution is -0.143. The van der Waals surface area contributed by atoms with Crippen LogP contribution in [0, 0.1) is 0 Å². The van der Waals surface area contributed by atoms with Gasteiger partial charge < -0.3 is 9.47 Å². The van der Waals surface area contributed by atoms with Gasteiger partial charge in [-0.1, -0.05) is 55.8 Å². The number of esters is 1. The molecule has 0 aliphatic carbocycles. The van der Waals surface area contributed by atoms with Gasteiger partial charge in [0.05, 0.1) is 17.9 Å². The Balaban J connectivity index is 1.93. The third-order valence-electron chi connectivity index (χ3n) is 5.82. The van der Waals surface area contributed by atoms with Crippen molar-refractivity contribution in [2.24, 2.45) is 0 Å². The molecule has 1 aromatic heterocycles. The Labute approximate surface area is 216 Å². The van der Waals surface area contributed by atoms with Crippen LogP contribution in [0.25, 0.3) is 11.1 Å². The number of benzene rings is 2. The van der Waals surface area contributed by atoms with Crippen molar-refractivity contribution >= 4 is 5.97 Å². The molecule has 0 unspecified atom stereocenters. The number of rotatable bonds is 10. The first-order valence-electron chi connectivity index (χ1n) is 12.5. The molecule has 0 bridgehead atoms. The molecule has 0 N–H and O–H groups in total. The first-order valence-corrected chi connectivity index (χ1v) is 12.5. The number of hydrogen-bond acceptors (Lipinski definition) is 4. The summed E-state index contributed by atoms with van der Waals surface area (Å²) in [6.45, 7) is 6.50. The zero-order valence-corrected chi connectivity index (χ0v) is 22.1. The number of carbonyl (C=O) groups is 1. The first-order chi connectivity index (χ1) is 17.4. The maximum atomic E-state index is 13.3. The van der Waals surface area contributed by atoms with Gasteiger partial charge in [-0.05, 0) is 56.4 Å². The van der Waals surface area contributed by atoms with E-state index in [0.717, 1.165) is 39.8 Å². The summed E-state index contributed by atoms with van der Waals surface area (Å²) in [6.07, 6.45) is -1.79. The van der Waals surface area contributed by atoms with E-state index in [0.29, 0.717) is 29.8 Å². The second-order valence-corrected chi connectivity index (χ2v) is 10.1. The summed E-state index contributed by atoms with van der Waals surface area (Å²) in [6, 6.07) is 15.0. The smallest absolute Gasteiger partial charge is 0.408 e. The highest BCUT2D eigenvalue weighted by Crippen LogP contribution is 2.29. The van der Waals surface area contributed by atoms with Crippen molar-refractivity contribution < 1.29 is 27.4 Å². The van der Waals surface area contributed by atoms with Crippen LogP contribution in [0.1, 0.15) is 73.4 Å². The van der Waals surface area contributed by atoms with Crippen molar-refractivity contribution in [3.8, 4) is 11.1 Å².